The Morgan fingerprint density at radius 3 is 2.54 bits per heavy atom. The van der Waals surface area contributed by atoms with Crippen molar-refractivity contribution in [1.29, 1.82) is 0 Å². The molecule has 0 aliphatic carbocycles. The van der Waals surface area contributed by atoms with Gasteiger partial charge in [0, 0.05) is 37.1 Å². The maximum atomic E-state index is 12.3. The number of amides is 2. The topological polar surface area (TPSA) is 109 Å². The van der Waals surface area contributed by atoms with Crippen LogP contribution in [0.4, 0.5) is 0 Å². The van der Waals surface area contributed by atoms with Gasteiger partial charge in [-0.25, -0.2) is 4.98 Å². The van der Waals surface area contributed by atoms with Crippen LogP contribution in [-0.4, -0.2) is 48.0 Å². The third-order valence-electron chi connectivity index (χ3n) is 3.60. The molecule has 8 heteroatoms. The lowest BCUT2D eigenvalue weighted by molar-refractivity contribution is -0.130. The molecule has 0 saturated heterocycles. The van der Waals surface area contributed by atoms with Gasteiger partial charge in [0.25, 0.3) is 0 Å². The van der Waals surface area contributed by atoms with Gasteiger partial charge in [-0.1, -0.05) is 13.8 Å². The summed E-state index contributed by atoms with van der Waals surface area (Å²) in [7, 11) is 0. The minimum atomic E-state index is -0.536. The van der Waals surface area contributed by atoms with E-state index in [1.165, 1.54) is 0 Å². The molecule has 1 rings (SSSR count). The Bertz CT molecular complexity index is 507. The predicted molar refractivity (Wildman–Crippen MR) is 96.7 cm³/mol. The van der Waals surface area contributed by atoms with Crippen molar-refractivity contribution in [3.63, 3.8) is 0 Å². The molecule has 24 heavy (non-hydrogen) atoms. The minimum absolute atomic E-state index is 0.0138. The van der Waals surface area contributed by atoms with E-state index < -0.39 is 12.1 Å². The number of hydrogen-bond acceptors (Lipinski definition) is 6. The second kappa shape index (κ2) is 10.4. The van der Waals surface area contributed by atoms with Crippen LogP contribution in [0.1, 0.15) is 32.7 Å². The molecule has 0 bridgehead atoms. The fourth-order valence-corrected chi connectivity index (χ4v) is 2.88. The molecule has 0 aliphatic heterocycles. The zero-order valence-electron chi connectivity index (χ0n) is 14.8. The zero-order chi connectivity index (χ0) is 18.1. The number of carbonyl (C=O) groups is 2. The maximum Gasteiger partial charge on any atom is 0.242 e. The quantitative estimate of drug-likeness (QED) is 0.482. The summed E-state index contributed by atoms with van der Waals surface area (Å²) in [6, 6.07) is -1.08. The van der Waals surface area contributed by atoms with Crippen molar-refractivity contribution in [3.8, 4) is 0 Å². The average molecular weight is 356 g/mol. The lowest BCUT2D eigenvalue weighted by atomic mass is 10.0. The largest absolute Gasteiger partial charge is 0.355 e. The van der Waals surface area contributed by atoms with Crippen molar-refractivity contribution in [1.82, 2.24) is 20.9 Å². The molecule has 0 aliphatic rings. The first-order valence-electron chi connectivity index (χ1n) is 8.30. The number of hydrogen-bond donors (Lipinski definition) is 4. The van der Waals surface area contributed by atoms with Gasteiger partial charge in [-0.15, -0.1) is 11.3 Å². The number of carbonyl (C=O) groups excluding carboxylic acids is 2. The molecule has 0 aromatic carbocycles. The maximum absolute atomic E-state index is 12.3. The Kier molecular flexibility index (Phi) is 8.88. The SMILES string of the molecule is CCNC(=O)[C@@H](NC(=O)[C@H](C)NCC(N)Cc1nccs1)C(C)C. The number of nitrogens with zero attached hydrogens (tertiary/aromatic N) is 1. The molecule has 0 radical (unpaired) electrons. The number of likely N-dealkylation sites (N-methyl/N-ethyl adjacent to an activating group) is 1. The van der Waals surface area contributed by atoms with Gasteiger partial charge in [-0.05, 0) is 19.8 Å². The van der Waals surface area contributed by atoms with E-state index in [1.54, 1.807) is 24.5 Å². The normalized spacial score (nSPS) is 14.9. The summed E-state index contributed by atoms with van der Waals surface area (Å²) in [5.41, 5.74) is 6.06. The van der Waals surface area contributed by atoms with Gasteiger partial charge >= 0.3 is 0 Å². The molecule has 1 unspecified atom stereocenters. The smallest absolute Gasteiger partial charge is 0.242 e. The van der Waals surface area contributed by atoms with Crippen molar-refractivity contribution in [3.05, 3.63) is 16.6 Å². The van der Waals surface area contributed by atoms with Crippen LogP contribution in [0.2, 0.25) is 0 Å². The predicted octanol–water partition coefficient (Wildman–Crippen LogP) is 0.268. The van der Waals surface area contributed by atoms with Gasteiger partial charge in [0.2, 0.25) is 11.8 Å². The van der Waals surface area contributed by atoms with Crippen LogP contribution in [0, 0.1) is 5.92 Å². The molecule has 136 valence electrons. The van der Waals surface area contributed by atoms with Crippen LogP contribution < -0.4 is 21.7 Å². The van der Waals surface area contributed by atoms with Crippen molar-refractivity contribution in [2.75, 3.05) is 13.1 Å². The van der Waals surface area contributed by atoms with Crippen LogP contribution in [0.25, 0.3) is 0 Å². The van der Waals surface area contributed by atoms with Gasteiger partial charge < -0.3 is 21.7 Å². The van der Waals surface area contributed by atoms with Gasteiger partial charge in [-0.2, -0.15) is 0 Å². The molecule has 0 fully saturated rings. The van der Waals surface area contributed by atoms with Gasteiger partial charge in [0.15, 0.2) is 0 Å². The number of nitrogens with one attached hydrogen (secondary N) is 3. The lowest BCUT2D eigenvalue weighted by Gasteiger charge is -2.24. The third-order valence-corrected chi connectivity index (χ3v) is 4.40. The molecule has 0 saturated carbocycles. The summed E-state index contributed by atoms with van der Waals surface area (Å²) >= 11 is 1.57. The fourth-order valence-electron chi connectivity index (χ4n) is 2.17. The number of aromatic nitrogens is 1. The second-order valence-electron chi connectivity index (χ2n) is 6.14. The van der Waals surface area contributed by atoms with E-state index in [4.69, 9.17) is 5.73 Å². The molecule has 2 amide bonds. The highest BCUT2D eigenvalue weighted by molar-refractivity contribution is 7.09. The van der Waals surface area contributed by atoms with Crippen LogP contribution in [-0.2, 0) is 16.0 Å². The van der Waals surface area contributed by atoms with Crippen LogP contribution in [0.15, 0.2) is 11.6 Å². The van der Waals surface area contributed by atoms with Gasteiger partial charge in [-0.3, -0.25) is 9.59 Å². The lowest BCUT2D eigenvalue weighted by Crippen LogP contribution is -2.55. The molecule has 1 aromatic heterocycles. The Hall–Kier alpha value is -1.51. The molecule has 1 aromatic rings. The van der Waals surface area contributed by atoms with Crippen molar-refractivity contribution < 1.29 is 9.59 Å². The Balaban J connectivity index is 2.43. The van der Waals surface area contributed by atoms with Crippen LogP contribution >= 0.6 is 11.3 Å². The van der Waals surface area contributed by atoms with Crippen LogP contribution in [0.3, 0.4) is 0 Å². The molecule has 7 nitrogen and oxygen atoms in total. The van der Waals surface area contributed by atoms with E-state index in [2.05, 4.69) is 20.9 Å². The Morgan fingerprint density at radius 2 is 2.00 bits per heavy atom. The van der Waals surface area contributed by atoms with E-state index in [0.717, 1.165) is 5.01 Å². The van der Waals surface area contributed by atoms with E-state index in [0.29, 0.717) is 19.5 Å². The van der Waals surface area contributed by atoms with Crippen molar-refractivity contribution in [2.45, 2.75) is 52.2 Å². The molecular formula is C16H29N5O2S. The highest BCUT2D eigenvalue weighted by Crippen LogP contribution is 2.06. The van der Waals surface area contributed by atoms with E-state index in [-0.39, 0.29) is 23.8 Å². The minimum Gasteiger partial charge on any atom is -0.355 e. The zero-order valence-corrected chi connectivity index (χ0v) is 15.7. The second-order valence-corrected chi connectivity index (χ2v) is 7.12. The third kappa shape index (κ3) is 6.94. The molecule has 5 N–H and O–H groups in total. The summed E-state index contributed by atoms with van der Waals surface area (Å²) in [5, 5.41) is 11.6. The van der Waals surface area contributed by atoms with Gasteiger partial charge in [0.05, 0.1) is 11.0 Å². The Morgan fingerprint density at radius 1 is 1.29 bits per heavy atom. The monoisotopic (exact) mass is 355 g/mol. The summed E-state index contributed by atoms with van der Waals surface area (Å²) in [5.74, 6) is -0.352. The van der Waals surface area contributed by atoms with E-state index in [1.807, 2.05) is 26.2 Å². The van der Waals surface area contributed by atoms with Crippen molar-refractivity contribution in [2.24, 2.45) is 11.7 Å². The molecule has 3 atom stereocenters. The Labute approximate surface area is 147 Å². The summed E-state index contributed by atoms with van der Waals surface area (Å²) in [4.78, 5) is 28.5. The molecular weight excluding hydrogens is 326 g/mol. The molecule has 0 spiro atoms. The van der Waals surface area contributed by atoms with E-state index >= 15 is 0 Å². The number of thiazole rings is 1. The summed E-state index contributed by atoms with van der Waals surface area (Å²) in [6.45, 7) is 8.47. The first-order chi connectivity index (χ1) is 11.3. The van der Waals surface area contributed by atoms with E-state index in [9.17, 15) is 9.59 Å². The number of nitrogens with two attached hydrogens (primary N) is 1. The first-order valence-corrected chi connectivity index (χ1v) is 9.18. The number of rotatable bonds is 10. The molecule has 1 heterocycles. The van der Waals surface area contributed by atoms with Crippen LogP contribution in [0.5, 0.6) is 0 Å². The first kappa shape index (κ1) is 20.5. The summed E-state index contributed by atoms with van der Waals surface area (Å²) < 4.78 is 0. The highest BCUT2D eigenvalue weighted by atomic mass is 32.1. The summed E-state index contributed by atoms with van der Waals surface area (Å²) in [6.07, 6.45) is 2.43. The average Bonchev–Trinajstić information content (AvgIpc) is 3.02. The standard InChI is InChI=1S/C16H29N5O2S/c1-5-18-16(23)14(10(2)3)21-15(22)11(4)20-9-12(17)8-13-19-6-7-24-13/h6-7,10-12,14,20H,5,8-9,17H2,1-4H3,(H,18,23)(H,21,22)/t11-,12?,14-/m0/s1. The highest BCUT2D eigenvalue weighted by Gasteiger charge is 2.25. The fraction of sp³-hybridized carbons (Fsp3) is 0.688. The van der Waals surface area contributed by atoms with Crippen molar-refractivity contribution >= 4 is 23.2 Å². The van der Waals surface area contributed by atoms with Gasteiger partial charge in [0.1, 0.15) is 6.04 Å².